The van der Waals surface area contributed by atoms with E-state index in [1.165, 1.54) is 0 Å². The summed E-state index contributed by atoms with van der Waals surface area (Å²) in [5.41, 5.74) is -0.537. The molecule has 0 aromatic carbocycles. The Hall–Kier alpha value is -0.690. The Kier molecular flexibility index (Phi) is 8.44. The van der Waals surface area contributed by atoms with Gasteiger partial charge in [-0.1, -0.05) is 26.3 Å². The number of carboxylic acid groups (broad SMARTS) is 1. The van der Waals surface area contributed by atoms with Crippen LogP contribution in [0, 0.1) is 40.4 Å². The van der Waals surface area contributed by atoms with E-state index in [4.69, 9.17) is 4.74 Å². The number of carboxylic acids is 1. The second-order valence-corrected chi connectivity index (χ2v) is 12.2. The zero-order chi connectivity index (χ0) is 25.1. The van der Waals surface area contributed by atoms with Crippen molar-refractivity contribution in [3.05, 3.63) is 11.6 Å². The second-order valence-electron chi connectivity index (χ2n) is 12.2. The first-order valence-corrected chi connectivity index (χ1v) is 13.3. The quantitative estimate of drug-likeness (QED) is 0.427. The molecule has 0 spiro atoms. The Balaban J connectivity index is 0.00000342. The third-order valence-electron chi connectivity index (χ3n) is 10.4. The molecule has 3 fully saturated rings. The fourth-order valence-electron chi connectivity index (χ4n) is 8.71. The van der Waals surface area contributed by atoms with Gasteiger partial charge in [0.2, 0.25) is 0 Å². The first-order chi connectivity index (χ1) is 15.9. The van der Waals surface area contributed by atoms with Crippen molar-refractivity contribution >= 4 is 17.7 Å². The number of aliphatic carboxylic acids is 1. The number of hydrogen-bond acceptors (Lipinski definition) is 6. The van der Waals surface area contributed by atoms with E-state index in [0.29, 0.717) is 12.8 Å². The van der Waals surface area contributed by atoms with Gasteiger partial charge in [0.05, 0.1) is 17.6 Å². The Labute approximate surface area is 231 Å². The van der Waals surface area contributed by atoms with Crippen molar-refractivity contribution in [3.8, 4) is 0 Å². The number of ether oxygens (including phenoxy) is 1. The van der Waals surface area contributed by atoms with E-state index in [2.05, 4.69) is 20.8 Å². The summed E-state index contributed by atoms with van der Waals surface area (Å²) in [6.07, 6.45) is 6.72. The van der Waals surface area contributed by atoms with Crippen LogP contribution in [0.5, 0.6) is 0 Å². The number of esters is 1. The summed E-state index contributed by atoms with van der Waals surface area (Å²) in [6.45, 7) is 10.2. The molecule has 0 bridgehead atoms. The molecule has 190 valence electrons. The van der Waals surface area contributed by atoms with Gasteiger partial charge < -0.3 is 19.7 Å². The largest absolute Gasteiger partial charge is 1.00 e. The number of rotatable bonds is 6. The smallest absolute Gasteiger partial charge is 0.550 e. The molecule has 8 atom stereocenters. The van der Waals surface area contributed by atoms with E-state index in [9.17, 15) is 24.6 Å². The van der Waals surface area contributed by atoms with E-state index < -0.39 is 17.0 Å². The Morgan fingerprint density at radius 2 is 1.83 bits per heavy atom. The average molecular weight is 497 g/mol. The van der Waals surface area contributed by atoms with Crippen molar-refractivity contribution in [2.45, 2.75) is 104 Å². The van der Waals surface area contributed by atoms with Crippen molar-refractivity contribution in [2.24, 2.45) is 40.4 Å². The number of hydrogen-bond donors (Lipinski definition) is 1. The summed E-state index contributed by atoms with van der Waals surface area (Å²) in [5, 5.41) is 23.0. The van der Waals surface area contributed by atoms with Gasteiger partial charge in [-0.05, 0) is 106 Å². The van der Waals surface area contributed by atoms with Gasteiger partial charge in [-0.2, -0.15) is 0 Å². The van der Waals surface area contributed by atoms with Crippen LogP contribution in [0.1, 0.15) is 92.4 Å². The Bertz CT molecular complexity index is 898. The van der Waals surface area contributed by atoms with E-state index in [0.717, 1.165) is 37.7 Å². The van der Waals surface area contributed by atoms with Crippen molar-refractivity contribution in [3.63, 3.8) is 0 Å². The molecule has 3 unspecified atom stereocenters. The number of aliphatic hydroxyl groups is 1. The number of carbonyl (C=O) groups is 3. The van der Waals surface area contributed by atoms with Gasteiger partial charge in [0.15, 0.2) is 5.78 Å². The number of fused-ring (bicyclic) bond motifs is 5. The molecule has 7 heteroatoms. The molecule has 4 rings (SSSR count). The summed E-state index contributed by atoms with van der Waals surface area (Å²) >= 11 is 0. The molecule has 0 heterocycles. The summed E-state index contributed by atoms with van der Waals surface area (Å²) in [7, 11) is 0. The SMILES string of the molecule is CC[C@@H]1C2=CC(=O)CC[C@]2(C)C2CC[C@@]3(C)C(CC[C@@]3(O)CCC(=O)[O-])C2[C@@H]1C(=O)OC(C)C.[Na+]. The molecule has 0 aromatic rings. The third kappa shape index (κ3) is 4.59. The predicted octanol–water partition coefficient (Wildman–Crippen LogP) is 0.597. The standard InChI is InChI=1S/C28H42O6.Na/c1-6-18-21-15-17(29)7-11-26(21,4)19-8-12-27(5)20(9-13-28(27,33)14-10-22(30)31)24(19)23(18)25(32)34-16(2)3;/h15-16,18-20,23-24,33H,6-14H2,1-5H3,(H,30,31);/q;+1/p-1/t18-,19?,20?,23-,24?,26-,27+,28-;/m1./s1. The molecular weight excluding hydrogens is 455 g/mol. The van der Waals surface area contributed by atoms with Crippen molar-refractivity contribution in [2.75, 3.05) is 0 Å². The van der Waals surface area contributed by atoms with Crippen LogP contribution < -0.4 is 34.7 Å². The third-order valence-corrected chi connectivity index (χ3v) is 10.4. The molecule has 0 amide bonds. The van der Waals surface area contributed by atoms with Crippen LogP contribution in [0.25, 0.3) is 0 Å². The molecule has 0 radical (unpaired) electrons. The van der Waals surface area contributed by atoms with Crippen LogP contribution in [-0.2, 0) is 19.1 Å². The van der Waals surface area contributed by atoms with E-state index in [1.807, 2.05) is 19.9 Å². The molecule has 35 heavy (non-hydrogen) atoms. The van der Waals surface area contributed by atoms with Crippen LogP contribution in [0.4, 0.5) is 0 Å². The summed E-state index contributed by atoms with van der Waals surface area (Å²) in [5.74, 6) is -1.19. The fourth-order valence-corrected chi connectivity index (χ4v) is 8.71. The first-order valence-electron chi connectivity index (χ1n) is 13.3. The van der Waals surface area contributed by atoms with Gasteiger partial charge in [-0.25, -0.2) is 0 Å². The average Bonchev–Trinajstić information content (AvgIpc) is 3.02. The monoisotopic (exact) mass is 496 g/mol. The Morgan fingerprint density at radius 1 is 1.17 bits per heavy atom. The van der Waals surface area contributed by atoms with Gasteiger partial charge in [0, 0.05) is 12.4 Å². The Morgan fingerprint density at radius 3 is 2.43 bits per heavy atom. The molecule has 0 saturated heterocycles. The molecular formula is C28H41NaO6. The number of ketones is 1. The van der Waals surface area contributed by atoms with Gasteiger partial charge in [-0.3, -0.25) is 9.59 Å². The van der Waals surface area contributed by atoms with E-state index >= 15 is 0 Å². The number of allylic oxidation sites excluding steroid dienone is 1. The normalized spacial score (nSPS) is 42.3. The molecule has 4 aliphatic carbocycles. The molecule has 3 saturated carbocycles. The minimum atomic E-state index is -1.13. The van der Waals surface area contributed by atoms with E-state index in [-0.39, 0.29) is 95.3 Å². The molecule has 0 aromatic heterocycles. The maximum absolute atomic E-state index is 13.7. The topological polar surface area (TPSA) is 104 Å². The van der Waals surface area contributed by atoms with Crippen molar-refractivity contribution < 1.29 is 58.9 Å². The van der Waals surface area contributed by atoms with Gasteiger partial charge in [0.25, 0.3) is 0 Å². The predicted molar refractivity (Wildman–Crippen MR) is 125 cm³/mol. The zero-order valence-electron chi connectivity index (χ0n) is 22.4. The molecule has 1 N–H and O–H groups in total. The second kappa shape index (κ2) is 10.2. The first kappa shape index (κ1) is 28.9. The zero-order valence-corrected chi connectivity index (χ0v) is 24.4. The van der Waals surface area contributed by atoms with Crippen LogP contribution in [0.15, 0.2) is 11.6 Å². The van der Waals surface area contributed by atoms with Crippen molar-refractivity contribution in [1.82, 2.24) is 0 Å². The number of carbonyl (C=O) groups excluding carboxylic acids is 3. The summed E-state index contributed by atoms with van der Waals surface area (Å²) in [4.78, 5) is 37.4. The van der Waals surface area contributed by atoms with Crippen LogP contribution in [-0.4, -0.2) is 34.5 Å². The van der Waals surface area contributed by atoms with Gasteiger partial charge in [-0.15, -0.1) is 0 Å². The van der Waals surface area contributed by atoms with Crippen LogP contribution in [0.2, 0.25) is 0 Å². The minimum Gasteiger partial charge on any atom is -0.550 e. The molecule has 4 aliphatic rings. The van der Waals surface area contributed by atoms with E-state index in [1.54, 1.807) is 0 Å². The summed E-state index contributed by atoms with van der Waals surface area (Å²) in [6, 6.07) is 0. The maximum Gasteiger partial charge on any atom is 1.00 e. The van der Waals surface area contributed by atoms with Gasteiger partial charge >= 0.3 is 35.5 Å². The van der Waals surface area contributed by atoms with Crippen molar-refractivity contribution in [1.29, 1.82) is 0 Å². The van der Waals surface area contributed by atoms with Gasteiger partial charge in [0.1, 0.15) is 0 Å². The fraction of sp³-hybridized carbons (Fsp3) is 0.821. The molecule has 6 nitrogen and oxygen atoms in total. The maximum atomic E-state index is 13.7. The molecule has 0 aliphatic heterocycles. The van der Waals surface area contributed by atoms with Crippen LogP contribution >= 0.6 is 0 Å². The minimum absolute atomic E-state index is 0. The summed E-state index contributed by atoms with van der Waals surface area (Å²) < 4.78 is 5.82. The van der Waals surface area contributed by atoms with Crippen LogP contribution in [0.3, 0.4) is 0 Å².